The molecule has 36 valence electrons. The maximum Gasteiger partial charge on any atom is 0.217 e. The van der Waals surface area contributed by atoms with E-state index in [9.17, 15) is 4.91 Å². The SMILES string of the molecule is CNN[N+](C)=O. The van der Waals surface area contributed by atoms with Gasteiger partial charge in [0.15, 0.2) is 0 Å². The second-order valence-corrected chi connectivity index (χ2v) is 0.859. The smallest absolute Gasteiger partial charge is 0.187 e. The van der Waals surface area contributed by atoms with Crippen LogP contribution in [0.15, 0.2) is 0 Å². The summed E-state index contributed by atoms with van der Waals surface area (Å²) in [6.45, 7) is 0. The predicted molar refractivity (Wildman–Crippen MR) is 21.7 cm³/mol. The van der Waals surface area contributed by atoms with Crippen molar-refractivity contribution in [1.29, 1.82) is 0 Å². The van der Waals surface area contributed by atoms with E-state index in [1.165, 1.54) is 7.05 Å². The lowest BCUT2D eigenvalue weighted by Crippen LogP contribution is -2.33. The van der Waals surface area contributed by atoms with Crippen LogP contribution in [0.3, 0.4) is 0 Å². The molecule has 0 spiro atoms. The molecule has 0 rings (SSSR count). The minimum Gasteiger partial charge on any atom is -0.187 e. The van der Waals surface area contributed by atoms with E-state index in [-0.39, 0.29) is 0 Å². The lowest BCUT2D eigenvalue weighted by Gasteiger charge is -1.83. The van der Waals surface area contributed by atoms with E-state index in [0.29, 0.717) is 4.87 Å². The molecule has 0 unspecified atom stereocenters. The summed E-state index contributed by atoms with van der Waals surface area (Å²) in [4.78, 5) is 10.4. The first kappa shape index (κ1) is 5.36. The maximum atomic E-state index is 9.79. The van der Waals surface area contributed by atoms with Crippen LogP contribution in [0.1, 0.15) is 0 Å². The number of rotatable bonds is 2. The molecule has 0 saturated heterocycles. The van der Waals surface area contributed by atoms with Gasteiger partial charge in [-0.25, -0.2) is 0 Å². The Hall–Kier alpha value is -0.640. The van der Waals surface area contributed by atoms with Crippen LogP contribution in [0.4, 0.5) is 0 Å². The molecular formula is C2H8N3O+. The Labute approximate surface area is 36.0 Å². The summed E-state index contributed by atoms with van der Waals surface area (Å²) in [5, 5.41) is 0. The number of hydrazine groups is 2. The standard InChI is InChI=1S/C2H8N3O/c1-3-4-5(2)6/h3H,1-2H3,(H,4,6)/q+1. The highest BCUT2D eigenvalue weighted by atomic mass is 16.3. The first-order valence-electron chi connectivity index (χ1n) is 1.60. The molecule has 0 amide bonds. The molecular weight excluding hydrogens is 82.0 g/mol. The third-order valence-electron chi connectivity index (χ3n) is 0.269. The largest absolute Gasteiger partial charge is 0.217 e. The third-order valence-corrected chi connectivity index (χ3v) is 0.269. The van der Waals surface area contributed by atoms with Gasteiger partial charge in [-0.15, -0.1) is 0 Å². The lowest BCUT2D eigenvalue weighted by molar-refractivity contribution is -0.589. The molecule has 4 nitrogen and oxygen atoms in total. The number of nitroso groups, excluding NO2 is 1. The van der Waals surface area contributed by atoms with Gasteiger partial charge in [-0.2, -0.15) is 5.43 Å². The molecule has 0 aliphatic heterocycles. The summed E-state index contributed by atoms with van der Waals surface area (Å²) in [7, 11) is 2.98. The van der Waals surface area contributed by atoms with Gasteiger partial charge in [-0.1, -0.05) is 5.53 Å². The molecule has 0 radical (unpaired) electrons. The highest BCUT2D eigenvalue weighted by Gasteiger charge is 1.84. The molecule has 0 saturated carbocycles. The van der Waals surface area contributed by atoms with Crippen molar-refractivity contribution < 1.29 is 4.87 Å². The van der Waals surface area contributed by atoms with Gasteiger partial charge in [0.2, 0.25) is 7.05 Å². The van der Waals surface area contributed by atoms with E-state index in [1.54, 1.807) is 7.05 Å². The van der Waals surface area contributed by atoms with E-state index in [1.807, 2.05) is 0 Å². The summed E-state index contributed by atoms with van der Waals surface area (Å²) in [5.41, 5.74) is 4.67. The molecule has 6 heavy (non-hydrogen) atoms. The second kappa shape index (κ2) is 2.59. The fourth-order valence-corrected chi connectivity index (χ4v) is 0.157. The van der Waals surface area contributed by atoms with Gasteiger partial charge in [-0.3, -0.25) is 0 Å². The number of nitrogens with one attached hydrogen (secondary N) is 2. The molecule has 4 heteroatoms. The van der Waals surface area contributed by atoms with Gasteiger partial charge in [0.25, 0.3) is 0 Å². The lowest BCUT2D eigenvalue weighted by atomic mass is 11.4. The van der Waals surface area contributed by atoms with Crippen LogP contribution in [0.2, 0.25) is 0 Å². The van der Waals surface area contributed by atoms with Crippen LogP contribution >= 0.6 is 0 Å². The van der Waals surface area contributed by atoms with Crippen molar-refractivity contribution >= 4 is 0 Å². The zero-order chi connectivity index (χ0) is 4.99. The van der Waals surface area contributed by atoms with Crippen LogP contribution in [0.5, 0.6) is 0 Å². The maximum absolute atomic E-state index is 9.79. The zero-order valence-corrected chi connectivity index (χ0v) is 3.86. The highest BCUT2D eigenvalue weighted by Crippen LogP contribution is 1.38. The van der Waals surface area contributed by atoms with Crippen LogP contribution in [0.25, 0.3) is 0 Å². The van der Waals surface area contributed by atoms with E-state index in [0.717, 1.165) is 0 Å². The van der Waals surface area contributed by atoms with Crippen molar-refractivity contribution in [1.82, 2.24) is 11.0 Å². The van der Waals surface area contributed by atoms with E-state index in [2.05, 4.69) is 11.0 Å². The summed E-state index contributed by atoms with van der Waals surface area (Å²) in [6.07, 6.45) is 0. The van der Waals surface area contributed by atoms with Crippen molar-refractivity contribution in [3.8, 4) is 0 Å². The average Bonchev–Trinajstić information content (AvgIpc) is 1.35. The molecule has 0 heterocycles. The molecule has 0 bridgehead atoms. The quantitative estimate of drug-likeness (QED) is 0.339. The third kappa shape index (κ3) is 3.36. The molecule has 0 aliphatic carbocycles. The van der Waals surface area contributed by atoms with Crippen LogP contribution in [-0.2, 0) is 0 Å². The summed E-state index contributed by atoms with van der Waals surface area (Å²) >= 11 is 0. The second-order valence-electron chi connectivity index (χ2n) is 0.859. The van der Waals surface area contributed by atoms with Crippen molar-refractivity contribution in [2.45, 2.75) is 0 Å². The van der Waals surface area contributed by atoms with Gasteiger partial charge in [-0.05, 0) is 0 Å². The Bertz CT molecular complexity index is 52.8. The minimum atomic E-state index is 0.569. The summed E-state index contributed by atoms with van der Waals surface area (Å²) in [5.74, 6) is 0. The van der Waals surface area contributed by atoms with Gasteiger partial charge in [0, 0.05) is 7.05 Å². The van der Waals surface area contributed by atoms with Crippen molar-refractivity contribution in [3.63, 3.8) is 0 Å². The van der Waals surface area contributed by atoms with Crippen LogP contribution < -0.4 is 11.0 Å². The van der Waals surface area contributed by atoms with Crippen molar-refractivity contribution in [3.05, 3.63) is 4.91 Å². The molecule has 0 atom stereocenters. The van der Waals surface area contributed by atoms with Gasteiger partial charge < -0.3 is 0 Å². The summed E-state index contributed by atoms with van der Waals surface area (Å²) in [6, 6.07) is 0. The Morgan fingerprint density at radius 2 is 2.17 bits per heavy atom. The van der Waals surface area contributed by atoms with Gasteiger partial charge >= 0.3 is 0 Å². The Morgan fingerprint density at radius 1 is 1.67 bits per heavy atom. The van der Waals surface area contributed by atoms with Gasteiger partial charge in [0.1, 0.15) is 4.87 Å². The topological polar surface area (TPSA) is 44.1 Å². The molecule has 0 aromatic heterocycles. The first-order chi connectivity index (χ1) is 2.77. The Kier molecular flexibility index (Phi) is 2.31. The van der Waals surface area contributed by atoms with Crippen LogP contribution in [0, 0.1) is 4.91 Å². The Balaban J connectivity index is 2.83. The number of hydrogen-bond acceptors (Lipinski definition) is 2. The van der Waals surface area contributed by atoms with E-state index < -0.39 is 0 Å². The molecule has 0 aliphatic rings. The predicted octanol–water partition coefficient (Wildman–Crippen LogP) is -0.966. The van der Waals surface area contributed by atoms with Crippen LogP contribution in [-0.4, -0.2) is 19.0 Å². The van der Waals surface area contributed by atoms with Crippen molar-refractivity contribution in [2.75, 3.05) is 14.1 Å². The van der Waals surface area contributed by atoms with E-state index >= 15 is 0 Å². The fourth-order valence-electron chi connectivity index (χ4n) is 0.157. The van der Waals surface area contributed by atoms with Crippen molar-refractivity contribution in [2.24, 2.45) is 0 Å². The van der Waals surface area contributed by atoms with E-state index in [4.69, 9.17) is 0 Å². The number of hydrogen-bond donors (Lipinski definition) is 2. The highest BCUT2D eigenvalue weighted by molar-refractivity contribution is 3.90. The fraction of sp³-hybridized carbons (Fsp3) is 1.00. The summed E-state index contributed by atoms with van der Waals surface area (Å²) < 4.78 is 0. The monoisotopic (exact) mass is 90.1 g/mol. The normalized spacial score (nSPS) is 7.67. The molecule has 0 aromatic carbocycles. The molecule has 2 N–H and O–H groups in total. The zero-order valence-electron chi connectivity index (χ0n) is 3.86. The van der Waals surface area contributed by atoms with Gasteiger partial charge in [0.05, 0.1) is 4.91 Å². The first-order valence-corrected chi connectivity index (χ1v) is 1.60. The molecule has 0 aromatic rings. The molecule has 0 fully saturated rings. The minimum absolute atomic E-state index is 0.569. The average molecular weight is 90.1 g/mol. The number of nitrogens with zero attached hydrogens (tertiary/aromatic N) is 1. The Morgan fingerprint density at radius 3 is 2.17 bits per heavy atom.